The molecule has 0 atom stereocenters. The maximum atomic E-state index is 5.57. The van der Waals surface area contributed by atoms with Crippen molar-refractivity contribution in [3.05, 3.63) is 16.9 Å². The van der Waals surface area contributed by atoms with E-state index in [9.17, 15) is 0 Å². The van der Waals surface area contributed by atoms with Crippen LogP contribution in [0.3, 0.4) is 0 Å². The maximum Gasteiger partial charge on any atom is 0.0632 e. The van der Waals surface area contributed by atoms with E-state index in [1.54, 1.807) is 0 Å². The van der Waals surface area contributed by atoms with Gasteiger partial charge < -0.3 is 5.73 Å². The summed E-state index contributed by atoms with van der Waals surface area (Å²) in [6, 6.07) is 0. The van der Waals surface area contributed by atoms with Crippen molar-refractivity contribution in [3.8, 4) is 0 Å². The smallest absolute Gasteiger partial charge is 0.0632 e. The third-order valence-electron chi connectivity index (χ3n) is 2.73. The highest BCUT2D eigenvalue weighted by molar-refractivity contribution is 9.10. The van der Waals surface area contributed by atoms with Crippen LogP contribution in [-0.4, -0.2) is 16.3 Å². The molecule has 1 aromatic heterocycles. The Balaban J connectivity index is 1.98. The zero-order valence-corrected chi connectivity index (χ0v) is 9.13. The van der Waals surface area contributed by atoms with Gasteiger partial charge in [0.25, 0.3) is 0 Å². The first-order valence-electron chi connectivity index (χ1n) is 4.62. The van der Waals surface area contributed by atoms with Crippen molar-refractivity contribution in [1.29, 1.82) is 0 Å². The SMILES string of the molecule is NCCC1(Cn2cc(Br)cn2)CC1. The molecule has 3 nitrogen and oxygen atoms in total. The molecule has 1 fully saturated rings. The number of rotatable bonds is 4. The molecule has 0 bridgehead atoms. The van der Waals surface area contributed by atoms with Gasteiger partial charge in [-0.05, 0) is 47.2 Å². The molecule has 0 amide bonds. The van der Waals surface area contributed by atoms with Gasteiger partial charge >= 0.3 is 0 Å². The van der Waals surface area contributed by atoms with Crippen LogP contribution >= 0.6 is 15.9 Å². The quantitative estimate of drug-likeness (QED) is 0.877. The van der Waals surface area contributed by atoms with Crippen LogP contribution in [0.1, 0.15) is 19.3 Å². The highest BCUT2D eigenvalue weighted by atomic mass is 79.9. The second kappa shape index (κ2) is 3.42. The minimum atomic E-state index is 0.472. The Hall–Kier alpha value is -0.350. The predicted octanol–water partition coefficient (Wildman–Crippen LogP) is 1.77. The van der Waals surface area contributed by atoms with Crippen LogP contribution in [0.2, 0.25) is 0 Å². The highest BCUT2D eigenvalue weighted by Gasteiger charge is 2.42. The molecule has 0 unspecified atom stereocenters. The van der Waals surface area contributed by atoms with Crippen molar-refractivity contribution in [3.63, 3.8) is 0 Å². The maximum absolute atomic E-state index is 5.57. The Morgan fingerprint density at radius 2 is 2.38 bits per heavy atom. The van der Waals surface area contributed by atoms with Crippen LogP contribution in [0.15, 0.2) is 16.9 Å². The molecule has 0 spiro atoms. The fraction of sp³-hybridized carbons (Fsp3) is 0.667. The summed E-state index contributed by atoms with van der Waals surface area (Å²) >= 11 is 3.39. The van der Waals surface area contributed by atoms with E-state index in [2.05, 4.69) is 21.0 Å². The van der Waals surface area contributed by atoms with E-state index in [4.69, 9.17) is 5.73 Å². The van der Waals surface area contributed by atoms with Crippen LogP contribution in [0.5, 0.6) is 0 Å². The van der Waals surface area contributed by atoms with Crippen molar-refractivity contribution in [2.24, 2.45) is 11.1 Å². The second-order valence-corrected chi connectivity index (χ2v) is 4.81. The van der Waals surface area contributed by atoms with E-state index < -0.39 is 0 Å². The van der Waals surface area contributed by atoms with E-state index >= 15 is 0 Å². The molecule has 1 aromatic rings. The Kier molecular flexibility index (Phi) is 2.43. The molecule has 0 aromatic carbocycles. The van der Waals surface area contributed by atoms with Crippen molar-refractivity contribution in [2.45, 2.75) is 25.8 Å². The first-order valence-corrected chi connectivity index (χ1v) is 5.41. The third kappa shape index (κ3) is 2.11. The average molecular weight is 244 g/mol. The first kappa shape index (κ1) is 9.21. The van der Waals surface area contributed by atoms with Crippen LogP contribution in [0.4, 0.5) is 0 Å². The summed E-state index contributed by atoms with van der Waals surface area (Å²) in [5.74, 6) is 0. The largest absolute Gasteiger partial charge is 0.330 e. The molecule has 1 heterocycles. The molecule has 2 N–H and O–H groups in total. The van der Waals surface area contributed by atoms with Gasteiger partial charge in [0.15, 0.2) is 0 Å². The molecule has 1 aliphatic carbocycles. The Labute approximate surface area is 86.4 Å². The van der Waals surface area contributed by atoms with Gasteiger partial charge in [-0.25, -0.2) is 0 Å². The van der Waals surface area contributed by atoms with E-state index in [-0.39, 0.29) is 0 Å². The van der Waals surface area contributed by atoms with Gasteiger partial charge in [0.2, 0.25) is 0 Å². The fourth-order valence-corrected chi connectivity index (χ4v) is 2.07. The molecule has 72 valence electrons. The standard InChI is InChI=1S/C9H14BrN3/c10-8-5-12-13(6-8)7-9(1-2-9)3-4-11/h5-6H,1-4,7,11H2. The van der Waals surface area contributed by atoms with Gasteiger partial charge in [0, 0.05) is 12.7 Å². The van der Waals surface area contributed by atoms with E-state index in [1.807, 2.05) is 17.1 Å². The van der Waals surface area contributed by atoms with Crippen molar-refractivity contribution in [2.75, 3.05) is 6.54 Å². The lowest BCUT2D eigenvalue weighted by atomic mass is 10.0. The zero-order valence-electron chi connectivity index (χ0n) is 7.54. The lowest BCUT2D eigenvalue weighted by molar-refractivity contribution is 0.376. The summed E-state index contributed by atoms with van der Waals surface area (Å²) < 4.78 is 3.06. The van der Waals surface area contributed by atoms with Gasteiger partial charge in [-0.15, -0.1) is 0 Å². The number of nitrogens with zero attached hydrogens (tertiary/aromatic N) is 2. The van der Waals surface area contributed by atoms with Gasteiger partial charge in [0.05, 0.1) is 10.7 Å². The van der Waals surface area contributed by atoms with Gasteiger partial charge in [-0.2, -0.15) is 5.10 Å². The monoisotopic (exact) mass is 243 g/mol. The second-order valence-electron chi connectivity index (χ2n) is 3.89. The molecule has 2 rings (SSSR count). The lowest BCUT2D eigenvalue weighted by Crippen LogP contribution is -2.16. The topological polar surface area (TPSA) is 43.8 Å². The number of aromatic nitrogens is 2. The van der Waals surface area contributed by atoms with Gasteiger partial charge in [-0.3, -0.25) is 4.68 Å². The minimum Gasteiger partial charge on any atom is -0.330 e. The van der Waals surface area contributed by atoms with Crippen molar-refractivity contribution in [1.82, 2.24) is 9.78 Å². The van der Waals surface area contributed by atoms with Crippen LogP contribution in [-0.2, 0) is 6.54 Å². The molecule has 0 saturated heterocycles. The summed E-state index contributed by atoms with van der Waals surface area (Å²) in [6.07, 6.45) is 7.60. The molecule has 0 radical (unpaired) electrons. The van der Waals surface area contributed by atoms with Gasteiger partial charge in [-0.1, -0.05) is 0 Å². The molecule has 1 saturated carbocycles. The lowest BCUT2D eigenvalue weighted by Gasteiger charge is -2.13. The number of hydrogen-bond donors (Lipinski definition) is 1. The first-order chi connectivity index (χ1) is 6.24. The van der Waals surface area contributed by atoms with E-state index in [0.29, 0.717) is 5.41 Å². The van der Waals surface area contributed by atoms with Crippen LogP contribution in [0, 0.1) is 5.41 Å². The van der Waals surface area contributed by atoms with Crippen LogP contribution in [0.25, 0.3) is 0 Å². The van der Waals surface area contributed by atoms with E-state index in [1.165, 1.54) is 12.8 Å². The highest BCUT2D eigenvalue weighted by Crippen LogP contribution is 2.49. The number of hydrogen-bond acceptors (Lipinski definition) is 2. The van der Waals surface area contributed by atoms with Crippen molar-refractivity contribution >= 4 is 15.9 Å². The fourth-order valence-electron chi connectivity index (χ4n) is 1.74. The van der Waals surface area contributed by atoms with Gasteiger partial charge in [0.1, 0.15) is 0 Å². The molecular formula is C9H14BrN3. The average Bonchev–Trinajstić information content (AvgIpc) is 2.70. The Morgan fingerprint density at radius 3 is 2.85 bits per heavy atom. The molecule has 1 aliphatic rings. The Morgan fingerprint density at radius 1 is 1.62 bits per heavy atom. The summed E-state index contributed by atoms with van der Waals surface area (Å²) in [5, 5.41) is 4.25. The van der Waals surface area contributed by atoms with Crippen molar-refractivity contribution < 1.29 is 0 Å². The normalized spacial score (nSPS) is 18.9. The van der Waals surface area contributed by atoms with Crippen LogP contribution < -0.4 is 5.73 Å². The molecule has 4 heteroatoms. The molecule has 0 aliphatic heterocycles. The number of nitrogens with two attached hydrogens (primary N) is 1. The summed E-state index contributed by atoms with van der Waals surface area (Å²) in [5.41, 5.74) is 6.05. The summed E-state index contributed by atoms with van der Waals surface area (Å²) in [6.45, 7) is 1.82. The zero-order chi connectivity index (χ0) is 9.31. The third-order valence-corrected chi connectivity index (χ3v) is 3.14. The summed E-state index contributed by atoms with van der Waals surface area (Å²) in [4.78, 5) is 0. The number of halogens is 1. The summed E-state index contributed by atoms with van der Waals surface area (Å²) in [7, 11) is 0. The minimum absolute atomic E-state index is 0.472. The molecule has 13 heavy (non-hydrogen) atoms. The van der Waals surface area contributed by atoms with E-state index in [0.717, 1.165) is 24.0 Å². The molecular weight excluding hydrogens is 230 g/mol. The Bertz CT molecular complexity index is 291. The predicted molar refractivity (Wildman–Crippen MR) is 55.3 cm³/mol.